The van der Waals surface area contributed by atoms with Gasteiger partial charge in [0.05, 0.1) is 0 Å². The molecule has 0 radical (unpaired) electrons. The maximum Gasteiger partial charge on any atom is 0.225 e. The minimum atomic E-state index is -0.319. The molecule has 0 unspecified atom stereocenters. The normalized spacial score (nSPS) is 11.2. The Morgan fingerprint density at radius 2 is 2.06 bits per heavy atom. The summed E-state index contributed by atoms with van der Waals surface area (Å²) >= 11 is 0. The predicted octanol–water partition coefficient (Wildman–Crippen LogP) is 2.09. The van der Waals surface area contributed by atoms with Crippen LogP contribution in [-0.4, -0.2) is 17.4 Å². The SMILES string of the molecule is Cc1cccc(CCNC(=O)C(C)(C)C)n1. The Hall–Kier alpha value is -1.38. The molecule has 0 fully saturated rings. The van der Waals surface area contributed by atoms with E-state index >= 15 is 0 Å². The Balaban J connectivity index is 2.39. The number of nitrogens with zero attached hydrogens (tertiary/aromatic N) is 1. The number of nitrogens with one attached hydrogen (secondary N) is 1. The molecule has 0 saturated carbocycles. The molecular weight excluding hydrogens is 200 g/mol. The number of carbonyl (C=O) groups excluding carboxylic acids is 1. The number of pyridine rings is 1. The van der Waals surface area contributed by atoms with Gasteiger partial charge in [-0.1, -0.05) is 26.8 Å². The molecule has 0 aliphatic heterocycles. The zero-order valence-corrected chi connectivity index (χ0v) is 10.5. The van der Waals surface area contributed by atoms with E-state index < -0.39 is 0 Å². The molecule has 1 N–H and O–H groups in total. The van der Waals surface area contributed by atoms with Crippen LogP contribution in [0, 0.1) is 12.3 Å². The van der Waals surface area contributed by atoms with Gasteiger partial charge in [0.2, 0.25) is 5.91 Å². The number of hydrogen-bond donors (Lipinski definition) is 1. The number of aromatic nitrogens is 1. The van der Waals surface area contributed by atoms with E-state index in [9.17, 15) is 4.79 Å². The van der Waals surface area contributed by atoms with E-state index in [2.05, 4.69) is 10.3 Å². The van der Waals surface area contributed by atoms with Gasteiger partial charge in [-0.15, -0.1) is 0 Å². The summed E-state index contributed by atoms with van der Waals surface area (Å²) in [6.07, 6.45) is 0.781. The fraction of sp³-hybridized carbons (Fsp3) is 0.538. The van der Waals surface area contributed by atoms with Crippen molar-refractivity contribution in [2.45, 2.75) is 34.1 Å². The third-order valence-electron chi connectivity index (χ3n) is 2.29. The van der Waals surface area contributed by atoms with Crippen molar-refractivity contribution in [3.05, 3.63) is 29.6 Å². The molecule has 1 rings (SSSR count). The summed E-state index contributed by atoms with van der Waals surface area (Å²) < 4.78 is 0. The third-order valence-corrected chi connectivity index (χ3v) is 2.29. The van der Waals surface area contributed by atoms with Crippen molar-refractivity contribution in [2.24, 2.45) is 5.41 Å². The summed E-state index contributed by atoms with van der Waals surface area (Å²) in [5.74, 6) is 0.0835. The fourth-order valence-electron chi connectivity index (χ4n) is 1.31. The summed E-state index contributed by atoms with van der Waals surface area (Å²) in [4.78, 5) is 16.0. The zero-order valence-electron chi connectivity index (χ0n) is 10.5. The molecule has 0 aliphatic rings. The maximum absolute atomic E-state index is 11.6. The van der Waals surface area contributed by atoms with Gasteiger partial charge in [-0.05, 0) is 19.1 Å². The first-order valence-electron chi connectivity index (χ1n) is 5.60. The second-order valence-electron chi connectivity index (χ2n) is 5.03. The summed E-state index contributed by atoms with van der Waals surface area (Å²) in [5, 5.41) is 2.91. The molecule has 3 nitrogen and oxygen atoms in total. The van der Waals surface area contributed by atoms with Gasteiger partial charge < -0.3 is 5.32 Å². The molecule has 0 spiro atoms. The van der Waals surface area contributed by atoms with Crippen molar-refractivity contribution in [1.82, 2.24) is 10.3 Å². The smallest absolute Gasteiger partial charge is 0.225 e. The average molecular weight is 220 g/mol. The molecule has 0 aliphatic carbocycles. The van der Waals surface area contributed by atoms with Gasteiger partial charge in [-0.25, -0.2) is 0 Å². The number of aryl methyl sites for hydroxylation is 1. The van der Waals surface area contributed by atoms with Crippen LogP contribution in [0.3, 0.4) is 0 Å². The van der Waals surface area contributed by atoms with Crippen LogP contribution in [0.2, 0.25) is 0 Å². The van der Waals surface area contributed by atoms with Crippen molar-refractivity contribution < 1.29 is 4.79 Å². The molecule has 0 bridgehead atoms. The number of amides is 1. The highest BCUT2D eigenvalue weighted by atomic mass is 16.2. The van der Waals surface area contributed by atoms with Crippen molar-refractivity contribution >= 4 is 5.91 Å². The highest BCUT2D eigenvalue weighted by molar-refractivity contribution is 5.81. The molecule has 1 heterocycles. The van der Waals surface area contributed by atoms with E-state index in [0.717, 1.165) is 17.8 Å². The fourth-order valence-corrected chi connectivity index (χ4v) is 1.31. The quantitative estimate of drug-likeness (QED) is 0.847. The summed E-state index contributed by atoms with van der Waals surface area (Å²) in [5.41, 5.74) is 1.72. The van der Waals surface area contributed by atoms with Crippen LogP contribution in [0.15, 0.2) is 18.2 Å². The summed E-state index contributed by atoms with van der Waals surface area (Å²) in [6.45, 7) is 8.34. The maximum atomic E-state index is 11.6. The zero-order chi connectivity index (χ0) is 12.2. The van der Waals surface area contributed by atoms with E-state index in [-0.39, 0.29) is 11.3 Å². The largest absolute Gasteiger partial charge is 0.355 e. The molecule has 1 aromatic rings. The van der Waals surface area contributed by atoms with E-state index in [4.69, 9.17) is 0 Å². The van der Waals surface area contributed by atoms with Crippen LogP contribution >= 0.6 is 0 Å². The Morgan fingerprint density at radius 3 is 2.62 bits per heavy atom. The average Bonchev–Trinajstić information content (AvgIpc) is 2.16. The van der Waals surface area contributed by atoms with Crippen LogP contribution in [0.1, 0.15) is 32.2 Å². The first-order valence-corrected chi connectivity index (χ1v) is 5.60. The molecule has 1 amide bonds. The highest BCUT2D eigenvalue weighted by Gasteiger charge is 2.20. The lowest BCUT2D eigenvalue weighted by atomic mass is 9.96. The first kappa shape index (κ1) is 12.7. The monoisotopic (exact) mass is 220 g/mol. The highest BCUT2D eigenvalue weighted by Crippen LogP contribution is 2.12. The first-order chi connectivity index (χ1) is 7.39. The molecule has 0 saturated heterocycles. The van der Waals surface area contributed by atoms with Crippen molar-refractivity contribution in [3.63, 3.8) is 0 Å². The Morgan fingerprint density at radius 1 is 1.38 bits per heavy atom. The van der Waals surface area contributed by atoms with Gasteiger partial charge in [0.25, 0.3) is 0 Å². The molecular formula is C13H20N2O. The minimum absolute atomic E-state index is 0.0835. The molecule has 3 heteroatoms. The summed E-state index contributed by atoms with van der Waals surface area (Å²) in [6, 6.07) is 5.94. The number of rotatable bonds is 3. The Kier molecular flexibility index (Phi) is 4.05. The Bertz CT molecular complexity index is 366. The van der Waals surface area contributed by atoms with E-state index in [1.54, 1.807) is 0 Å². The minimum Gasteiger partial charge on any atom is -0.355 e. The van der Waals surface area contributed by atoms with Gasteiger partial charge >= 0.3 is 0 Å². The van der Waals surface area contributed by atoms with E-state index in [0.29, 0.717) is 6.54 Å². The summed E-state index contributed by atoms with van der Waals surface area (Å²) in [7, 11) is 0. The van der Waals surface area contributed by atoms with E-state index in [1.165, 1.54) is 0 Å². The van der Waals surface area contributed by atoms with Crippen LogP contribution in [0.4, 0.5) is 0 Å². The van der Waals surface area contributed by atoms with Crippen molar-refractivity contribution in [2.75, 3.05) is 6.54 Å². The second kappa shape index (κ2) is 5.10. The van der Waals surface area contributed by atoms with Crippen LogP contribution in [0.5, 0.6) is 0 Å². The third kappa shape index (κ3) is 4.01. The Labute approximate surface area is 97.3 Å². The van der Waals surface area contributed by atoms with Crippen molar-refractivity contribution in [1.29, 1.82) is 0 Å². The molecule has 0 aromatic carbocycles. The van der Waals surface area contributed by atoms with Gasteiger partial charge in [-0.3, -0.25) is 9.78 Å². The molecule has 1 aromatic heterocycles. The van der Waals surface area contributed by atoms with Crippen LogP contribution < -0.4 is 5.32 Å². The van der Waals surface area contributed by atoms with Gasteiger partial charge in [-0.2, -0.15) is 0 Å². The topological polar surface area (TPSA) is 42.0 Å². The lowest BCUT2D eigenvalue weighted by Crippen LogP contribution is -2.36. The molecule has 16 heavy (non-hydrogen) atoms. The molecule has 0 atom stereocenters. The van der Waals surface area contributed by atoms with Gasteiger partial charge in [0.15, 0.2) is 0 Å². The van der Waals surface area contributed by atoms with Crippen molar-refractivity contribution in [3.8, 4) is 0 Å². The van der Waals surface area contributed by atoms with Crippen LogP contribution in [0.25, 0.3) is 0 Å². The van der Waals surface area contributed by atoms with Gasteiger partial charge in [0, 0.05) is 29.8 Å². The standard InChI is InChI=1S/C13H20N2O/c1-10-6-5-7-11(15-10)8-9-14-12(16)13(2,3)4/h5-7H,8-9H2,1-4H3,(H,14,16). The number of carbonyl (C=O) groups is 1. The lowest BCUT2D eigenvalue weighted by Gasteiger charge is -2.17. The van der Waals surface area contributed by atoms with Crippen LogP contribution in [-0.2, 0) is 11.2 Å². The second-order valence-corrected chi connectivity index (χ2v) is 5.03. The predicted molar refractivity (Wildman–Crippen MR) is 65.1 cm³/mol. The van der Waals surface area contributed by atoms with Gasteiger partial charge in [0.1, 0.15) is 0 Å². The van der Waals surface area contributed by atoms with E-state index in [1.807, 2.05) is 45.9 Å². The lowest BCUT2D eigenvalue weighted by molar-refractivity contribution is -0.128. The molecule has 88 valence electrons. The number of hydrogen-bond acceptors (Lipinski definition) is 2.